The van der Waals surface area contributed by atoms with Crippen molar-refractivity contribution in [2.24, 2.45) is 5.92 Å². The van der Waals surface area contributed by atoms with Crippen LogP contribution in [-0.4, -0.2) is 62.7 Å². The smallest absolute Gasteiger partial charge is 0.357 e. The van der Waals surface area contributed by atoms with Crippen LogP contribution in [0.3, 0.4) is 0 Å². The summed E-state index contributed by atoms with van der Waals surface area (Å²) in [6, 6.07) is 19.1. The first-order valence-corrected chi connectivity index (χ1v) is 15.9. The van der Waals surface area contributed by atoms with Crippen LogP contribution in [0.4, 0.5) is 22.9 Å². The van der Waals surface area contributed by atoms with Crippen molar-refractivity contribution in [3.05, 3.63) is 65.9 Å². The highest BCUT2D eigenvalue weighted by molar-refractivity contribution is 6.11. The molecule has 0 amide bonds. The third kappa shape index (κ3) is 6.39. The summed E-state index contributed by atoms with van der Waals surface area (Å²) in [5.41, 5.74) is 6.55. The molecule has 0 unspecified atom stereocenters. The molecule has 0 radical (unpaired) electrons. The van der Waals surface area contributed by atoms with Crippen molar-refractivity contribution in [3.63, 3.8) is 0 Å². The normalized spacial score (nSPS) is 17.4. The molecule has 1 aromatic heterocycles. The van der Waals surface area contributed by atoms with E-state index in [-0.39, 0.29) is 18.2 Å². The molecule has 2 aliphatic heterocycles. The van der Waals surface area contributed by atoms with Crippen LogP contribution in [0.5, 0.6) is 0 Å². The van der Waals surface area contributed by atoms with Crippen molar-refractivity contribution in [2.45, 2.75) is 57.9 Å². The molecule has 3 fully saturated rings. The van der Waals surface area contributed by atoms with Crippen molar-refractivity contribution in [2.75, 3.05) is 55.1 Å². The molecule has 1 aliphatic carbocycles. The van der Waals surface area contributed by atoms with Crippen molar-refractivity contribution in [3.8, 4) is 11.1 Å². The van der Waals surface area contributed by atoms with Gasteiger partial charge in [0.2, 0.25) is 0 Å². The van der Waals surface area contributed by atoms with E-state index in [1.54, 1.807) is 6.92 Å². The Hall–Kier alpha value is -3.91. The van der Waals surface area contributed by atoms with Gasteiger partial charge in [-0.1, -0.05) is 24.6 Å². The molecule has 2 saturated heterocycles. The number of rotatable bonds is 10. The standard InChI is InChI=1S/C35H43N5O3/c1-3-43-35(41)31-23-30(24-12-14-27(15-13-24)39(2)28-16-20-42-21-17-28)32(33(36)25-8-6-9-25)34(38-31)37-26-10-7-11-29(22-26)40-18-4-5-19-40/h7,10-15,22-23,25,28,36H,3-6,8-9,16-21H2,1-2H3,(H,37,38). The van der Waals surface area contributed by atoms with Gasteiger partial charge in [0.25, 0.3) is 0 Å². The fourth-order valence-corrected chi connectivity index (χ4v) is 6.40. The van der Waals surface area contributed by atoms with Crippen LogP contribution in [0.15, 0.2) is 54.6 Å². The Kier molecular flexibility index (Phi) is 8.93. The van der Waals surface area contributed by atoms with E-state index in [4.69, 9.17) is 14.5 Å². The van der Waals surface area contributed by atoms with Crippen LogP contribution in [-0.2, 0) is 9.47 Å². The number of carbonyl (C=O) groups excluding carboxylic acids is 1. The molecule has 0 atom stereocenters. The van der Waals surface area contributed by atoms with Gasteiger partial charge in [-0.05, 0) is 93.0 Å². The Bertz CT molecular complexity index is 1440. The highest BCUT2D eigenvalue weighted by Crippen LogP contribution is 2.39. The van der Waals surface area contributed by atoms with E-state index in [1.807, 2.05) is 12.1 Å². The minimum absolute atomic E-state index is 0.185. The van der Waals surface area contributed by atoms with Gasteiger partial charge < -0.3 is 30.0 Å². The monoisotopic (exact) mass is 581 g/mol. The predicted molar refractivity (Wildman–Crippen MR) is 173 cm³/mol. The Labute approximate surface area is 254 Å². The molecule has 0 bridgehead atoms. The topological polar surface area (TPSA) is 90.8 Å². The largest absolute Gasteiger partial charge is 0.461 e. The molecule has 3 aliphatic rings. The number of hydrogen-bond donors (Lipinski definition) is 2. The maximum absolute atomic E-state index is 13.1. The number of carbonyl (C=O) groups is 1. The van der Waals surface area contributed by atoms with Crippen molar-refractivity contribution in [1.29, 1.82) is 5.41 Å². The van der Waals surface area contributed by atoms with E-state index in [0.717, 1.165) is 86.5 Å². The number of anilines is 4. The number of nitrogens with zero attached hydrogens (tertiary/aromatic N) is 3. The molecule has 1 saturated carbocycles. The van der Waals surface area contributed by atoms with Gasteiger partial charge in [-0.15, -0.1) is 0 Å². The first-order valence-electron chi connectivity index (χ1n) is 15.9. The molecule has 8 nitrogen and oxygen atoms in total. The highest BCUT2D eigenvalue weighted by atomic mass is 16.5. The van der Waals surface area contributed by atoms with E-state index >= 15 is 0 Å². The number of esters is 1. The van der Waals surface area contributed by atoms with Crippen molar-refractivity contribution < 1.29 is 14.3 Å². The number of aromatic nitrogens is 1. The summed E-state index contributed by atoms with van der Waals surface area (Å²) in [6.45, 7) is 5.77. The van der Waals surface area contributed by atoms with Crippen LogP contribution in [0.25, 0.3) is 11.1 Å². The average Bonchev–Trinajstić information content (AvgIpc) is 3.56. The van der Waals surface area contributed by atoms with Crippen LogP contribution in [0, 0.1) is 11.3 Å². The van der Waals surface area contributed by atoms with Crippen LogP contribution >= 0.6 is 0 Å². The van der Waals surface area contributed by atoms with E-state index < -0.39 is 5.97 Å². The quantitative estimate of drug-likeness (QED) is 0.196. The van der Waals surface area contributed by atoms with Crippen molar-refractivity contribution >= 4 is 34.6 Å². The number of nitrogens with one attached hydrogen (secondary N) is 2. The lowest BCUT2D eigenvalue weighted by Gasteiger charge is -2.33. The average molecular weight is 582 g/mol. The number of benzene rings is 2. The zero-order chi connectivity index (χ0) is 29.8. The molecule has 0 spiro atoms. The van der Waals surface area contributed by atoms with Gasteiger partial charge in [0.15, 0.2) is 5.69 Å². The van der Waals surface area contributed by atoms with Gasteiger partial charge in [0.05, 0.1) is 6.61 Å². The molecule has 2 aromatic carbocycles. The summed E-state index contributed by atoms with van der Waals surface area (Å²) in [5, 5.41) is 12.9. The van der Waals surface area contributed by atoms with Crippen LogP contribution in [0.2, 0.25) is 0 Å². The van der Waals surface area contributed by atoms with E-state index in [0.29, 0.717) is 17.6 Å². The highest BCUT2D eigenvalue weighted by Gasteiger charge is 2.30. The zero-order valence-electron chi connectivity index (χ0n) is 25.4. The number of pyridine rings is 1. The SMILES string of the molecule is CCOC(=O)c1cc(-c2ccc(N(C)C3CCOCC3)cc2)c(C(=N)C2CCC2)c(Nc2cccc(N3CCCC3)c2)n1. The van der Waals surface area contributed by atoms with Gasteiger partial charge in [0, 0.05) is 73.6 Å². The van der Waals surface area contributed by atoms with Gasteiger partial charge in [0.1, 0.15) is 5.82 Å². The minimum Gasteiger partial charge on any atom is -0.461 e. The van der Waals surface area contributed by atoms with Gasteiger partial charge in [-0.25, -0.2) is 9.78 Å². The fraction of sp³-hybridized carbons (Fsp3) is 0.457. The summed E-state index contributed by atoms with van der Waals surface area (Å²) in [6.07, 6.45) is 7.56. The van der Waals surface area contributed by atoms with Crippen molar-refractivity contribution in [1.82, 2.24) is 4.98 Å². The van der Waals surface area contributed by atoms with Gasteiger partial charge >= 0.3 is 5.97 Å². The Morgan fingerprint density at radius 2 is 1.79 bits per heavy atom. The predicted octanol–water partition coefficient (Wildman–Crippen LogP) is 7.05. The summed E-state index contributed by atoms with van der Waals surface area (Å²) in [5.74, 6) is 0.249. The third-order valence-corrected chi connectivity index (χ3v) is 9.19. The van der Waals surface area contributed by atoms with E-state index in [9.17, 15) is 10.2 Å². The zero-order valence-corrected chi connectivity index (χ0v) is 25.4. The summed E-state index contributed by atoms with van der Waals surface area (Å²) < 4.78 is 11.0. The Morgan fingerprint density at radius 1 is 1.05 bits per heavy atom. The third-order valence-electron chi connectivity index (χ3n) is 9.19. The van der Waals surface area contributed by atoms with E-state index in [2.05, 4.69) is 64.6 Å². The number of hydrogen-bond acceptors (Lipinski definition) is 8. The lowest BCUT2D eigenvalue weighted by Crippen LogP contribution is -2.36. The summed E-state index contributed by atoms with van der Waals surface area (Å²) in [4.78, 5) is 22.6. The maximum Gasteiger partial charge on any atom is 0.357 e. The molecule has 8 heteroatoms. The minimum atomic E-state index is -0.463. The Balaban J connectivity index is 1.41. The van der Waals surface area contributed by atoms with E-state index in [1.165, 1.54) is 18.5 Å². The second-order valence-corrected chi connectivity index (χ2v) is 11.9. The molecule has 43 heavy (non-hydrogen) atoms. The summed E-state index contributed by atoms with van der Waals surface area (Å²) in [7, 11) is 2.15. The summed E-state index contributed by atoms with van der Waals surface area (Å²) >= 11 is 0. The molecule has 3 heterocycles. The van der Waals surface area contributed by atoms with Gasteiger partial charge in [-0.3, -0.25) is 0 Å². The second-order valence-electron chi connectivity index (χ2n) is 11.9. The lowest BCUT2D eigenvalue weighted by molar-refractivity contribution is 0.0519. The molecular formula is C35H43N5O3. The fourth-order valence-electron chi connectivity index (χ4n) is 6.40. The van der Waals surface area contributed by atoms with Crippen LogP contribution in [0.1, 0.15) is 67.9 Å². The lowest BCUT2D eigenvalue weighted by atomic mass is 9.78. The molecule has 226 valence electrons. The first kappa shape index (κ1) is 29.2. The van der Waals surface area contributed by atoms with Gasteiger partial charge in [-0.2, -0.15) is 0 Å². The number of ether oxygens (including phenoxy) is 2. The van der Waals surface area contributed by atoms with Crippen LogP contribution < -0.4 is 15.1 Å². The molecule has 2 N–H and O–H groups in total. The second kappa shape index (κ2) is 13.2. The first-order chi connectivity index (χ1) is 21.0. The molecule has 3 aromatic rings. The molecular weight excluding hydrogens is 538 g/mol. The molecule has 6 rings (SSSR count). The Morgan fingerprint density at radius 3 is 2.47 bits per heavy atom. The maximum atomic E-state index is 13.1.